The van der Waals surface area contributed by atoms with Crippen LogP contribution in [-0.2, 0) is 9.53 Å². The number of esters is 1. The van der Waals surface area contributed by atoms with Gasteiger partial charge in [-0.3, -0.25) is 4.79 Å². The summed E-state index contributed by atoms with van der Waals surface area (Å²) < 4.78 is 18.8. The summed E-state index contributed by atoms with van der Waals surface area (Å²) in [6, 6.07) is 9.22. The van der Waals surface area contributed by atoms with Crippen molar-refractivity contribution in [1.29, 1.82) is 0 Å². The highest BCUT2D eigenvalue weighted by Crippen LogP contribution is 2.20. The number of anilines is 1. The van der Waals surface area contributed by atoms with E-state index >= 15 is 0 Å². The third kappa shape index (κ3) is 4.11. The van der Waals surface area contributed by atoms with Crippen molar-refractivity contribution < 1.29 is 18.7 Å². The van der Waals surface area contributed by atoms with Crippen LogP contribution in [0.2, 0.25) is 5.02 Å². The number of carbonyl (C=O) groups excluding carboxylic acids is 2. The first kappa shape index (κ1) is 17.9. The largest absolute Gasteiger partial charge is 0.449 e. The molecule has 24 heavy (non-hydrogen) atoms. The number of ether oxygens (including phenoxy) is 1. The summed E-state index contributed by atoms with van der Waals surface area (Å²) in [6.07, 6.45) is -1.08. The van der Waals surface area contributed by atoms with Gasteiger partial charge in [-0.25, -0.2) is 9.18 Å². The first-order valence-electron chi connectivity index (χ1n) is 7.32. The van der Waals surface area contributed by atoms with Gasteiger partial charge in [-0.2, -0.15) is 0 Å². The fourth-order valence-corrected chi connectivity index (χ4v) is 2.33. The van der Waals surface area contributed by atoms with Gasteiger partial charge in [-0.15, -0.1) is 0 Å². The molecule has 1 atom stereocenters. The fraction of sp³-hybridized carbons (Fsp3) is 0.222. The van der Waals surface area contributed by atoms with Gasteiger partial charge in [0.15, 0.2) is 6.10 Å². The molecule has 0 radical (unpaired) electrons. The van der Waals surface area contributed by atoms with E-state index < -0.39 is 23.8 Å². The summed E-state index contributed by atoms with van der Waals surface area (Å²) >= 11 is 5.64. The summed E-state index contributed by atoms with van der Waals surface area (Å²) in [5, 5.41) is 2.90. The van der Waals surface area contributed by atoms with E-state index in [4.69, 9.17) is 16.3 Å². The van der Waals surface area contributed by atoms with Crippen molar-refractivity contribution in [2.45, 2.75) is 26.9 Å². The summed E-state index contributed by atoms with van der Waals surface area (Å²) in [6.45, 7) is 5.15. The first-order chi connectivity index (χ1) is 11.3. The highest BCUT2D eigenvalue weighted by Gasteiger charge is 2.22. The highest BCUT2D eigenvalue weighted by atomic mass is 35.5. The Balaban J connectivity index is 2.07. The van der Waals surface area contributed by atoms with Crippen molar-refractivity contribution in [3.8, 4) is 0 Å². The maximum atomic E-state index is 13.7. The van der Waals surface area contributed by atoms with E-state index in [-0.39, 0.29) is 10.6 Å². The molecule has 0 aromatic heterocycles. The Kier molecular flexibility index (Phi) is 5.57. The lowest BCUT2D eigenvalue weighted by Gasteiger charge is -2.16. The van der Waals surface area contributed by atoms with Crippen LogP contribution in [0.15, 0.2) is 36.4 Å². The Bertz CT molecular complexity index is 772. The van der Waals surface area contributed by atoms with Gasteiger partial charge >= 0.3 is 5.97 Å². The normalized spacial score (nSPS) is 11.7. The second-order valence-corrected chi connectivity index (χ2v) is 5.86. The average Bonchev–Trinajstić information content (AvgIpc) is 2.50. The second-order valence-electron chi connectivity index (χ2n) is 5.43. The van der Waals surface area contributed by atoms with Gasteiger partial charge in [0.2, 0.25) is 0 Å². The zero-order valence-electron chi connectivity index (χ0n) is 13.5. The maximum absolute atomic E-state index is 13.7. The van der Waals surface area contributed by atoms with Crippen LogP contribution < -0.4 is 5.32 Å². The molecule has 2 aromatic rings. The lowest BCUT2D eigenvalue weighted by Crippen LogP contribution is -2.30. The third-order valence-electron chi connectivity index (χ3n) is 3.53. The zero-order valence-corrected chi connectivity index (χ0v) is 14.3. The number of nitrogens with one attached hydrogen (secondary N) is 1. The van der Waals surface area contributed by atoms with E-state index in [1.54, 1.807) is 0 Å². The van der Waals surface area contributed by atoms with Crippen LogP contribution in [0.3, 0.4) is 0 Å². The summed E-state index contributed by atoms with van der Waals surface area (Å²) in [5.41, 5.74) is 2.19. The first-order valence-corrected chi connectivity index (χ1v) is 7.70. The average molecular weight is 350 g/mol. The van der Waals surface area contributed by atoms with Gasteiger partial charge in [0.05, 0.1) is 5.56 Å². The van der Waals surface area contributed by atoms with Crippen molar-refractivity contribution in [1.82, 2.24) is 0 Å². The smallest absolute Gasteiger partial charge is 0.341 e. The van der Waals surface area contributed by atoms with E-state index in [0.29, 0.717) is 5.69 Å². The van der Waals surface area contributed by atoms with Gasteiger partial charge in [0, 0.05) is 10.7 Å². The Morgan fingerprint density at radius 2 is 1.79 bits per heavy atom. The molecule has 0 saturated carbocycles. The molecule has 0 heterocycles. The van der Waals surface area contributed by atoms with Gasteiger partial charge < -0.3 is 10.1 Å². The Morgan fingerprint density at radius 1 is 1.17 bits per heavy atom. The van der Waals surface area contributed by atoms with Gasteiger partial charge in [0.1, 0.15) is 5.82 Å². The number of aryl methyl sites for hydroxylation is 2. The molecular weight excluding hydrogens is 333 g/mol. The van der Waals surface area contributed by atoms with Crippen LogP contribution in [0, 0.1) is 19.7 Å². The van der Waals surface area contributed by atoms with Gasteiger partial charge in [-0.1, -0.05) is 29.8 Å². The predicted molar refractivity (Wildman–Crippen MR) is 90.8 cm³/mol. The molecule has 6 heteroatoms. The molecular formula is C18H17ClFNO3. The summed E-state index contributed by atoms with van der Waals surface area (Å²) in [7, 11) is 0. The fourth-order valence-electron chi connectivity index (χ4n) is 2.17. The lowest BCUT2D eigenvalue weighted by molar-refractivity contribution is -0.123. The molecule has 0 unspecified atom stereocenters. The number of rotatable bonds is 4. The Hall–Kier alpha value is -2.40. The van der Waals surface area contributed by atoms with Crippen molar-refractivity contribution in [2.24, 2.45) is 0 Å². The van der Waals surface area contributed by atoms with E-state index in [0.717, 1.165) is 17.2 Å². The van der Waals surface area contributed by atoms with Crippen LogP contribution in [0.4, 0.5) is 10.1 Å². The lowest BCUT2D eigenvalue weighted by atomic mass is 10.1. The maximum Gasteiger partial charge on any atom is 0.341 e. The van der Waals surface area contributed by atoms with E-state index in [1.165, 1.54) is 19.1 Å². The molecule has 0 aliphatic heterocycles. The molecule has 0 saturated heterocycles. The van der Waals surface area contributed by atoms with Crippen molar-refractivity contribution in [3.63, 3.8) is 0 Å². The minimum Gasteiger partial charge on any atom is -0.449 e. The molecule has 2 aromatic carbocycles. The van der Waals surface area contributed by atoms with Gasteiger partial charge in [0.25, 0.3) is 5.91 Å². The molecule has 0 aliphatic carbocycles. The zero-order chi connectivity index (χ0) is 17.9. The van der Waals surface area contributed by atoms with E-state index in [9.17, 15) is 14.0 Å². The Labute approximate surface area is 144 Å². The number of carbonyl (C=O) groups is 2. The minimum absolute atomic E-state index is 0.171. The molecule has 1 N–H and O–H groups in total. The molecule has 0 fully saturated rings. The Morgan fingerprint density at radius 3 is 2.38 bits per heavy atom. The molecule has 1 amide bonds. The third-order valence-corrected chi connectivity index (χ3v) is 3.77. The quantitative estimate of drug-likeness (QED) is 0.838. The minimum atomic E-state index is -1.08. The monoisotopic (exact) mass is 349 g/mol. The standard InChI is InChI=1S/C18H17ClFNO3/c1-10-5-4-6-11(2)16(10)21-17(22)12(3)24-18(23)14-8-7-13(19)9-15(14)20/h4-9,12H,1-3H3,(H,21,22)/t12-/m0/s1. The van der Waals surface area contributed by atoms with E-state index in [1.807, 2.05) is 32.0 Å². The number of hydrogen-bond acceptors (Lipinski definition) is 3. The number of halogens is 2. The van der Waals surface area contributed by atoms with Crippen molar-refractivity contribution in [3.05, 3.63) is 63.9 Å². The number of hydrogen-bond donors (Lipinski definition) is 1. The van der Waals surface area contributed by atoms with Crippen LogP contribution in [0.25, 0.3) is 0 Å². The molecule has 4 nitrogen and oxygen atoms in total. The molecule has 0 aliphatic rings. The van der Waals surface area contributed by atoms with E-state index in [2.05, 4.69) is 5.32 Å². The predicted octanol–water partition coefficient (Wildman–Crippen LogP) is 4.28. The second kappa shape index (κ2) is 7.45. The van der Waals surface area contributed by atoms with Crippen LogP contribution in [0.1, 0.15) is 28.4 Å². The van der Waals surface area contributed by atoms with Crippen molar-refractivity contribution >= 4 is 29.2 Å². The van der Waals surface area contributed by atoms with Crippen LogP contribution >= 0.6 is 11.6 Å². The number of amides is 1. The summed E-state index contributed by atoms with van der Waals surface area (Å²) in [4.78, 5) is 24.2. The van der Waals surface area contributed by atoms with Crippen molar-refractivity contribution in [2.75, 3.05) is 5.32 Å². The summed E-state index contributed by atoms with van der Waals surface area (Å²) in [5.74, 6) is -2.21. The van der Waals surface area contributed by atoms with Crippen LogP contribution in [-0.4, -0.2) is 18.0 Å². The number of para-hydroxylation sites is 1. The molecule has 0 bridgehead atoms. The number of benzene rings is 2. The van der Waals surface area contributed by atoms with Gasteiger partial charge in [-0.05, 0) is 50.1 Å². The molecule has 126 valence electrons. The SMILES string of the molecule is Cc1cccc(C)c1NC(=O)[C@H](C)OC(=O)c1ccc(Cl)cc1F. The topological polar surface area (TPSA) is 55.4 Å². The highest BCUT2D eigenvalue weighted by molar-refractivity contribution is 6.30. The van der Waals surface area contributed by atoms with Crippen LogP contribution in [0.5, 0.6) is 0 Å². The molecule has 0 spiro atoms. The molecule has 2 rings (SSSR count).